The van der Waals surface area contributed by atoms with Gasteiger partial charge >= 0.3 is 0 Å². The summed E-state index contributed by atoms with van der Waals surface area (Å²) in [6.45, 7) is 2.88. The SMILES string of the molecule is CC(NC(=O)[C@@H]1CCCN1)c1cc2ccccc2o1.Cl. The number of hydrogen-bond acceptors (Lipinski definition) is 3. The molecule has 1 aliphatic rings. The van der Waals surface area contributed by atoms with Crippen LogP contribution in [0, 0.1) is 0 Å². The lowest BCUT2D eigenvalue weighted by atomic mass is 10.2. The van der Waals surface area contributed by atoms with Crippen molar-refractivity contribution in [1.29, 1.82) is 0 Å². The van der Waals surface area contributed by atoms with Gasteiger partial charge in [-0.15, -0.1) is 12.4 Å². The van der Waals surface area contributed by atoms with Gasteiger partial charge in [0.25, 0.3) is 0 Å². The highest BCUT2D eigenvalue weighted by molar-refractivity contribution is 5.85. The minimum atomic E-state index is -0.109. The van der Waals surface area contributed by atoms with E-state index in [0.29, 0.717) is 0 Å². The first-order valence-corrected chi connectivity index (χ1v) is 6.76. The first-order valence-electron chi connectivity index (χ1n) is 6.76. The van der Waals surface area contributed by atoms with Gasteiger partial charge in [0.2, 0.25) is 5.91 Å². The van der Waals surface area contributed by atoms with Gasteiger partial charge in [-0.05, 0) is 38.4 Å². The zero-order valence-electron chi connectivity index (χ0n) is 11.4. The molecule has 0 aliphatic carbocycles. The molecule has 0 spiro atoms. The van der Waals surface area contributed by atoms with E-state index in [4.69, 9.17) is 4.42 Å². The van der Waals surface area contributed by atoms with E-state index in [9.17, 15) is 4.79 Å². The molecule has 0 bridgehead atoms. The minimum Gasteiger partial charge on any atom is -0.459 e. The monoisotopic (exact) mass is 294 g/mol. The van der Waals surface area contributed by atoms with Gasteiger partial charge in [-0.3, -0.25) is 4.79 Å². The van der Waals surface area contributed by atoms with Crippen LogP contribution >= 0.6 is 12.4 Å². The summed E-state index contributed by atoms with van der Waals surface area (Å²) in [6.07, 6.45) is 1.98. The Hall–Kier alpha value is -1.52. The second-order valence-corrected chi connectivity index (χ2v) is 5.07. The number of fused-ring (bicyclic) bond motifs is 1. The molecule has 1 aliphatic heterocycles. The van der Waals surface area contributed by atoms with E-state index in [2.05, 4.69) is 10.6 Å². The van der Waals surface area contributed by atoms with Crippen molar-refractivity contribution in [2.45, 2.75) is 31.8 Å². The zero-order chi connectivity index (χ0) is 13.2. The van der Waals surface area contributed by atoms with Crippen LogP contribution in [0.3, 0.4) is 0 Å². The predicted molar refractivity (Wildman–Crippen MR) is 81.0 cm³/mol. The summed E-state index contributed by atoms with van der Waals surface area (Å²) in [5, 5.41) is 7.27. The minimum absolute atomic E-state index is 0. The Morgan fingerprint density at radius 3 is 2.95 bits per heavy atom. The highest BCUT2D eigenvalue weighted by Gasteiger charge is 2.24. The number of hydrogen-bond donors (Lipinski definition) is 2. The maximum atomic E-state index is 12.0. The highest BCUT2D eigenvalue weighted by Crippen LogP contribution is 2.23. The average molecular weight is 295 g/mol. The van der Waals surface area contributed by atoms with E-state index in [1.807, 2.05) is 37.3 Å². The second kappa shape index (κ2) is 6.29. The third kappa shape index (κ3) is 2.97. The quantitative estimate of drug-likeness (QED) is 0.915. The third-order valence-electron chi connectivity index (χ3n) is 3.61. The van der Waals surface area contributed by atoms with Crippen molar-refractivity contribution in [3.8, 4) is 0 Å². The lowest BCUT2D eigenvalue weighted by Crippen LogP contribution is -2.41. The van der Waals surface area contributed by atoms with Crippen molar-refractivity contribution in [2.75, 3.05) is 6.54 Å². The Kier molecular flexibility index (Phi) is 4.68. The molecule has 1 saturated heterocycles. The maximum absolute atomic E-state index is 12.0. The Morgan fingerprint density at radius 2 is 2.25 bits per heavy atom. The van der Waals surface area contributed by atoms with Crippen LogP contribution in [0.15, 0.2) is 34.7 Å². The summed E-state index contributed by atoms with van der Waals surface area (Å²) in [7, 11) is 0. The van der Waals surface area contributed by atoms with Gasteiger partial charge in [0.15, 0.2) is 0 Å². The number of carbonyl (C=O) groups is 1. The largest absolute Gasteiger partial charge is 0.459 e. The predicted octanol–water partition coefficient (Wildman–Crippen LogP) is 2.78. The molecule has 4 nitrogen and oxygen atoms in total. The van der Waals surface area contributed by atoms with Crippen molar-refractivity contribution in [2.24, 2.45) is 0 Å². The van der Waals surface area contributed by atoms with E-state index in [0.717, 1.165) is 36.1 Å². The lowest BCUT2D eigenvalue weighted by Gasteiger charge is -2.15. The number of nitrogens with one attached hydrogen (secondary N) is 2. The van der Waals surface area contributed by atoms with Crippen molar-refractivity contribution < 1.29 is 9.21 Å². The fourth-order valence-corrected chi connectivity index (χ4v) is 2.51. The van der Waals surface area contributed by atoms with Gasteiger partial charge in [0, 0.05) is 5.39 Å². The first kappa shape index (κ1) is 14.9. The van der Waals surface area contributed by atoms with Crippen LogP contribution in [0.25, 0.3) is 11.0 Å². The standard InChI is InChI=1S/C15H18N2O2.ClH/c1-10(17-15(18)12-6-4-8-16-12)14-9-11-5-2-3-7-13(11)19-14;/h2-3,5,7,9-10,12,16H,4,6,8H2,1H3,(H,17,18);1H/t10?,12-;/m0./s1. The summed E-state index contributed by atoms with van der Waals surface area (Å²) >= 11 is 0. The van der Waals surface area contributed by atoms with Crippen LogP contribution in [-0.2, 0) is 4.79 Å². The fraction of sp³-hybridized carbons (Fsp3) is 0.400. The van der Waals surface area contributed by atoms with Crippen molar-refractivity contribution in [3.63, 3.8) is 0 Å². The van der Waals surface area contributed by atoms with Crippen molar-refractivity contribution >= 4 is 29.3 Å². The van der Waals surface area contributed by atoms with Gasteiger partial charge in [-0.25, -0.2) is 0 Å². The number of para-hydroxylation sites is 1. The summed E-state index contributed by atoms with van der Waals surface area (Å²) in [6, 6.07) is 9.70. The molecule has 1 fully saturated rings. The van der Waals surface area contributed by atoms with Crippen LogP contribution < -0.4 is 10.6 Å². The van der Waals surface area contributed by atoms with Crippen LogP contribution in [0.4, 0.5) is 0 Å². The lowest BCUT2D eigenvalue weighted by molar-refractivity contribution is -0.123. The van der Waals surface area contributed by atoms with Gasteiger partial charge in [0.1, 0.15) is 11.3 Å². The van der Waals surface area contributed by atoms with E-state index in [1.54, 1.807) is 0 Å². The molecule has 2 N–H and O–H groups in total. The Balaban J connectivity index is 0.00000147. The number of furan rings is 1. The van der Waals surface area contributed by atoms with Crippen LogP contribution in [0.2, 0.25) is 0 Å². The zero-order valence-corrected chi connectivity index (χ0v) is 12.2. The van der Waals surface area contributed by atoms with E-state index in [-0.39, 0.29) is 30.4 Å². The van der Waals surface area contributed by atoms with E-state index in [1.165, 1.54) is 0 Å². The molecule has 2 aromatic rings. The molecule has 2 atom stereocenters. The molecule has 0 radical (unpaired) electrons. The van der Waals surface area contributed by atoms with Gasteiger partial charge < -0.3 is 15.1 Å². The fourth-order valence-electron chi connectivity index (χ4n) is 2.51. The molecule has 20 heavy (non-hydrogen) atoms. The summed E-state index contributed by atoms with van der Waals surface area (Å²) in [5.41, 5.74) is 0.859. The summed E-state index contributed by atoms with van der Waals surface area (Å²) < 4.78 is 5.76. The van der Waals surface area contributed by atoms with Gasteiger partial charge in [-0.2, -0.15) is 0 Å². The number of halogens is 1. The average Bonchev–Trinajstić information content (AvgIpc) is 3.07. The van der Waals surface area contributed by atoms with Gasteiger partial charge in [-0.1, -0.05) is 18.2 Å². The van der Waals surface area contributed by atoms with E-state index < -0.39 is 0 Å². The molecule has 1 unspecified atom stereocenters. The highest BCUT2D eigenvalue weighted by atomic mass is 35.5. The molecule has 2 heterocycles. The first-order chi connectivity index (χ1) is 9.24. The van der Waals surface area contributed by atoms with Gasteiger partial charge in [0.05, 0.1) is 12.1 Å². The Morgan fingerprint density at radius 1 is 1.45 bits per heavy atom. The molecule has 5 heteroatoms. The normalized spacial score (nSPS) is 19.6. The summed E-state index contributed by atoms with van der Waals surface area (Å²) in [5.74, 6) is 0.859. The number of carbonyl (C=O) groups excluding carboxylic acids is 1. The van der Waals surface area contributed by atoms with Crippen LogP contribution in [-0.4, -0.2) is 18.5 Å². The molecule has 0 saturated carbocycles. The maximum Gasteiger partial charge on any atom is 0.237 e. The number of amides is 1. The van der Waals surface area contributed by atoms with Crippen LogP contribution in [0.1, 0.15) is 31.6 Å². The molecule has 1 aromatic heterocycles. The smallest absolute Gasteiger partial charge is 0.237 e. The van der Waals surface area contributed by atoms with Crippen molar-refractivity contribution in [3.05, 3.63) is 36.1 Å². The molecule has 1 amide bonds. The molecular formula is C15H19ClN2O2. The summed E-state index contributed by atoms with van der Waals surface area (Å²) in [4.78, 5) is 12.0. The van der Waals surface area contributed by atoms with Crippen LogP contribution in [0.5, 0.6) is 0 Å². The molecule has 3 rings (SSSR count). The Labute approximate surface area is 124 Å². The van der Waals surface area contributed by atoms with E-state index >= 15 is 0 Å². The second-order valence-electron chi connectivity index (χ2n) is 5.07. The number of rotatable bonds is 3. The molecule has 108 valence electrons. The molecular weight excluding hydrogens is 276 g/mol. The Bertz CT molecular complexity index is 557. The van der Waals surface area contributed by atoms with Crippen molar-refractivity contribution in [1.82, 2.24) is 10.6 Å². The third-order valence-corrected chi connectivity index (χ3v) is 3.61. The topological polar surface area (TPSA) is 54.3 Å². The molecule has 1 aromatic carbocycles. The number of benzene rings is 1.